The fourth-order valence-electron chi connectivity index (χ4n) is 6.04. The Bertz CT molecular complexity index is 1350. The zero-order chi connectivity index (χ0) is 27.8. The molecule has 11 heteroatoms. The van der Waals surface area contributed by atoms with Crippen LogP contribution in [0.3, 0.4) is 0 Å². The van der Waals surface area contributed by atoms with Gasteiger partial charge in [-0.3, -0.25) is 14.4 Å². The van der Waals surface area contributed by atoms with Crippen LogP contribution in [0.1, 0.15) is 52.8 Å². The molecule has 0 bridgehead atoms. The summed E-state index contributed by atoms with van der Waals surface area (Å²) in [5.41, 5.74) is 2.17. The van der Waals surface area contributed by atoms with Gasteiger partial charge in [-0.15, -0.1) is 0 Å². The van der Waals surface area contributed by atoms with Crippen molar-refractivity contribution in [3.8, 4) is 23.0 Å². The van der Waals surface area contributed by atoms with E-state index in [1.54, 1.807) is 30.2 Å². The Kier molecular flexibility index (Phi) is 7.03. The van der Waals surface area contributed by atoms with Crippen LogP contribution < -0.4 is 29.6 Å². The highest BCUT2D eigenvalue weighted by atomic mass is 16.5. The first kappa shape index (κ1) is 26.1. The predicted molar refractivity (Wildman–Crippen MR) is 147 cm³/mol. The Labute approximate surface area is 232 Å². The summed E-state index contributed by atoms with van der Waals surface area (Å²) in [6.45, 7) is 2.72. The number of fused-ring (bicyclic) bond motifs is 4. The van der Waals surface area contributed by atoms with E-state index in [1.807, 2.05) is 11.0 Å². The average molecular weight is 551 g/mol. The van der Waals surface area contributed by atoms with Crippen molar-refractivity contribution in [1.82, 2.24) is 9.80 Å². The minimum absolute atomic E-state index is 0.0220. The fraction of sp³-hybridized carbons (Fsp3) is 0.483. The average Bonchev–Trinajstić information content (AvgIpc) is 3.61. The molecule has 2 saturated heterocycles. The summed E-state index contributed by atoms with van der Waals surface area (Å²) in [6, 6.07) is 6.62. The zero-order valence-corrected chi connectivity index (χ0v) is 22.8. The Morgan fingerprint density at radius 2 is 1.38 bits per heavy atom. The fourth-order valence-corrected chi connectivity index (χ4v) is 6.04. The second kappa shape index (κ2) is 10.8. The number of rotatable bonds is 8. The summed E-state index contributed by atoms with van der Waals surface area (Å²) in [6.07, 6.45) is 4.04. The Morgan fingerprint density at radius 3 is 2.08 bits per heavy atom. The van der Waals surface area contributed by atoms with E-state index in [0.717, 1.165) is 31.5 Å². The Morgan fingerprint density at radius 1 is 0.775 bits per heavy atom. The van der Waals surface area contributed by atoms with Crippen molar-refractivity contribution < 1.29 is 33.3 Å². The maximum absolute atomic E-state index is 13.1. The van der Waals surface area contributed by atoms with Gasteiger partial charge >= 0.3 is 0 Å². The van der Waals surface area contributed by atoms with Gasteiger partial charge in [0, 0.05) is 44.2 Å². The highest BCUT2D eigenvalue weighted by molar-refractivity contribution is 6.10. The number of methoxy groups -OCH3 is 2. The number of ether oxygens (including phenoxy) is 4. The molecule has 0 spiro atoms. The largest absolute Gasteiger partial charge is 0.493 e. The number of nitrogens with one attached hydrogen (secondary N) is 2. The second-order valence-corrected chi connectivity index (χ2v) is 10.5. The van der Waals surface area contributed by atoms with Crippen LogP contribution in [0.15, 0.2) is 24.3 Å². The van der Waals surface area contributed by atoms with Gasteiger partial charge in [0.25, 0.3) is 11.8 Å². The zero-order valence-electron chi connectivity index (χ0n) is 22.8. The molecule has 2 atom stereocenters. The molecule has 0 saturated carbocycles. The number of amides is 3. The molecule has 0 aliphatic carbocycles. The molecule has 2 fully saturated rings. The van der Waals surface area contributed by atoms with Gasteiger partial charge in [0.1, 0.15) is 6.04 Å². The maximum Gasteiger partial charge on any atom is 0.256 e. The predicted octanol–water partition coefficient (Wildman–Crippen LogP) is 3.14. The van der Waals surface area contributed by atoms with E-state index in [9.17, 15) is 14.4 Å². The van der Waals surface area contributed by atoms with Crippen LogP contribution in [-0.4, -0.2) is 86.7 Å². The molecule has 1 unspecified atom stereocenters. The van der Waals surface area contributed by atoms with E-state index in [0.29, 0.717) is 79.0 Å². The molecular weight excluding hydrogens is 516 g/mol. The maximum atomic E-state index is 13.1. The third kappa shape index (κ3) is 4.63. The van der Waals surface area contributed by atoms with E-state index in [4.69, 9.17) is 18.9 Å². The minimum Gasteiger partial charge on any atom is -0.493 e. The van der Waals surface area contributed by atoms with Crippen LogP contribution in [0.25, 0.3) is 0 Å². The molecule has 0 aromatic heterocycles. The van der Waals surface area contributed by atoms with Crippen molar-refractivity contribution in [3.63, 3.8) is 0 Å². The summed E-state index contributed by atoms with van der Waals surface area (Å²) >= 11 is 0. The van der Waals surface area contributed by atoms with Gasteiger partial charge < -0.3 is 39.4 Å². The number of nitrogens with zero attached hydrogens (tertiary/aromatic N) is 2. The van der Waals surface area contributed by atoms with Crippen molar-refractivity contribution >= 4 is 29.1 Å². The van der Waals surface area contributed by atoms with Gasteiger partial charge in [-0.1, -0.05) is 0 Å². The van der Waals surface area contributed by atoms with E-state index >= 15 is 0 Å². The van der Waals surface area contributed by atoms with Crippen LogP contribution in [0.2, 0.25) is 0 Å². The normalized spacial score (nSPS) is 21.3. The number of carbonyl (C=O) groups excluding carboxylic acids is 3. The summed E-state index contributed by atoms with van der Waals surface area (Å²) in [7, 11) is 3.08. The lowest BCUT2D eigenvalue weighted by Crippen LogP contribution is -2.40. The lowest BCUT2D eigenvalue weighted by molar-refractivity contribution is -0.119. The lowest BCUT2D eigenvalue weighted by Gasteiger charge is -2.21. The molecule has 0 radical (unpaired) electrons. The molecule has 4 aliphatic heterocycles. The van der Waals surface area contributed by atoms with Gasteiger partial charge in [-0.25, -0.2) is 0 Å². The molecule has 6 rings (SSSR count). The van der Waals surface area contributed by atoms with E-state index in [2.05, 4.69) is 10.6 Å². The first-order chi connectivity index (χ1) is 19.5. The first-order valence-corrected chi connectivity index (χ1v) is 13.8. The van der Waals surface area contributed by atoms with Gasteiger partial charge in [0.2, 0.25) is 5.91 Å². The lowest BCUT2D eigenvalue weighted by atomic mass is 10.1. The Hall–Kier alpha value is -4.15. The summed E-state index contributed by atoms with van der Waals surface area (Å²) in [5, 5.41) is 6.30. The van der Waals surface area contributed by atoms with Crippen molar-refractivity contribution in [1.29, 1.82) is 0 Å². The molecule has 2 aromatic carbocycles. The van der Waals surface area contributed by atoms with Crippen LogP contribution in [-0.2, 0) is 4.79 Å². The van der Waals surface area contributed by atoms with E-state index < -0.39 is 6.04 Å². The van der Waals surface area contributed by atoms with Crippen molar-refractivity contribution in [2.24, 2.45) is 0 Å². The molecule has 3 amide bonds. The summed E-state index contributed by atoms with van der Waals surface area (Å²) in [5.74, 6) is 1.56. The summed E-state index contributed by atoms with van der Waals surface area (Å²) in [4.78, 5) is 42.5. The van der Waals surface area contributed by atoms with Crippen LogP contribution >= 0.6 is 0 Å². The molecule has 4 aliphatic rings. The van der Waals surface area contributed by atoms with Crippen molar-refractivity contribution in [2.45, 2.75) is 44.2 Å². The number of benzene rings is 2. The monoisotopic (exact) mass is 550 g/mol. The second-order valence-electron chi connectivity index (χ2n) is 10.5. The third-order valence-electron chi connectivity index (χ3n) is 8.11. The van der Waals surface area contributed by atoms with Crippen LogP contribution in [0, 0.1) is 0 Å². The Balaban J connectivity index is 1.10. The number of hydrogen-bond donors (Lipinski definition) is 2. The summed E-state index contributed by atoms with van der Waals surface area (Å²) < 4.78 is 23.1. The van der Waals surface area contributed by atoms with E-state index in [-0.39, 0.29) is 23.8 Å². The quantitative estimate of drug-likeness (QED) is 0.482. The molecule has 2 aromatic rings. The molecule has 4 heterocycles. The van der Waals surface area contributed by atoms with Crippen LogP contribution in [0.4, 0.5) is 11.4 Å². The molecule has 212 valence electrons. The molecule has 2 N–H and O–H groups in total. The SMILES string of the molecule is COc1cc2c(cc1OCCCOc1cc3c(cc1OC)C(=O)N1CCC[C@H]1CN3)NC(=O)C1CCCN1C2=O. The van der Waals surface area contributed by atoms with Gasteiger partial charge in [-0.2, -0.15) is 0 Å². The number of anilines is 2. The first-order valence-electron chi connectivity index (χ1n) is 13.8. The van der Waals surface area contributed by atoms with Gasteiger partial charge in [0.05, 0.1) is 49.9 Å². The van der Waals surface area contributed by atoms with Gasteiger partial charge in [-0.05, 0) is 37.8 Å². The standard InChI is InChI=1S/C29H34N4O7/c1-37-23-12-18-20(30-16-17-6-3-8-32(17)28(18)35)14-25(23)39-10-5-11-40-26-15-21-19(13-24(26)38-2)29(36)33-9-4-7-22(33)27(34)31-21/h12-15,17,22,30H,3-11,16H2,1-2H3,(H,31,34)/t17-,22?/m0/s1. The number of carbonyl (C=O) groups is 3. The smallest absolute Gasteiger partial charge is 0.256 e. The topological polar surface area (TPSA) is 119 Å². The van der Waals surface area contributed by atoms with Gasteiger partial charge in [0.15, 0.2) is 23.0 Å². The molecule has 11 nitrogen and oxygen atoms in total. The highest BCUT2D eigenvalue weighted by Crippen LogP contribution is 2.39. The minimum atomic E-state index is -0.442. The van der Waals surface area contributed by atoms with Crippen molar-refractivity contribution in [3.05, 3.63) is 35.4 Å². The van der Waals surface area contributed by atoms with Crippen LogP contribution in [0.5, 0.6) is 23.0 Å². The highest BCUT2D eigenvalue weighted by Gasteiger charge is 2.39. The molecular formula is C29H34N4O7. The number of hydrogen-bond acceptors (Lipinski definition) is 8. The molecule has 40 heavy (non-hydrogen) atoms. The third-order valence-corrected chi connectivity index (χ3v) is 8.11. The van der Waals surface area contributed by atoms with Crippen molar-refractivity contribution in [2.75, 3.05) is 57.7 Å². The van der Waals surface area contributed by atoms with E-state index in [1.165, 1.54) is 7.11 Å².